The topological polar surface area (TPSA) is 49.3 Å². The van der Waals surface area contributed by atoms with E-state index in [0.717, 1.165) is 69.4 Å². The van der Waals surface area contributed by atoms with Gasteiger partial charge in [-0.3, -0.25) is 4.79 Å². The second kappa shape index (κ2) is 9.05. The highest BCUT2D eigenvalue weighted by atomic mass is 32.1. The van der Waals surface area contributed by atoms with Crippen molar-refractivity contribution in [2.75, 3.05) is 31.1 Å². The first kappa shape index (κ1) is 22.5. The maximum absolute atomic E-state index is 12.7. The van der Waals surface area contributed by atoms with Crippen molar-refractivity contribution in [2.24, 2.45) is 11.3 Å². The number of unbranched alkanes of at least 4 members (excludes halogenated alkanes) is 1. The number of fused-ring (bicyclic) bond motifs is 3. The van der Waals surface area contributed by atoms with Crippen molar-refractivity contribution >= 4 is 33.3 Å². The van der Waals surface area contributed by atoms with Crippen LogP contribution in [0.1, 0.15) is 76.6 Å². The fourth-order valence-electron chi connectivity index (χ4n) is 4.77. The van der Waals surface area contributed by atoms with E-state index in [-0.39, 0.29) is 11.3 Å². The number of carbonyl (C=O) groups is 1. The van der Waals surface area contributed by atoms with Crippen LogP contribution in [-0.4, -0.2) is 47.0 Å². The van der Waals surface area contributed by atoms with Gasteiger partial charge in [-0.1, -0.05) is 41.0 Å². The quantitative estimate of drug-likeness (QED) is 0.635. The third-order valence-corrected chi connectivity index (χ3v) is 7.70. The SMILES string of the molecule is CCCCc1nc(N2CCN(C(=O)CC(C)(C)C)CC2)c2c3c(sc2n1)C[C@H](C)CC3. The molecule has 1 amide bonds. The van der Waals surface area contributed by atoms with E-state index in [2.05, 4.69) is 39.5 Å². The van der Waals surface area contributed by atoms with Gasteiger partial charge in [0.2, 0.25) is 5.91 Å². The molecule has 0 unspecified atom stereocenters. The largest absolute Gasteiger partial charge is 0.352 e. The Kier molecular flexibility index (Phi) is 6.57. The highest BCUT2D eigenvalue weighted by molar-refractivity contribution is 7.19. The lowest BCUT2D eigenvalue weighted by Gasteiger charge is -2.37. The van der Waals surface area contributed by atoms with E-state index in [1.54, 1.807) is 0 Å². The summed E-state index contributed by atoms with van der Waals surface area (Å²) in [5, 5.41) is 1.31. The first-order valence-electron chi connectivity index (χ1n) is 12.1. The van der Waals surface area contributed by atoms with Gasteiger partial charge in [-0.15, -0.1) is 11.3 Å². The highest BCUT2D eigenvalue weighted by Gasteiger charge is 2.29. The van der Waals surface area contributed by atoms with Crippen LogP contribution in [0.2, 0.25) is 0 Å². The minimum absolute atomic E-state index is 0.0358. The number of aromatic nitrogens is 2. The van der Waals surface area contributed by atoms with Gasteiger partial charge in [-0.2, -0.15) is 0 Å². The van der Waals surface area contributed by atoms with Crippen LogP contribution < -0.4 is 4.90 Å². The number of nitrogens with zero attached hydrogens (tertiary/aromatic N) is 4. The van der Waals surface area contributed by atoms with E-state index in [1.807, 2.05) is 16.2 Å². The number of aryl methyl sites for hydroxylation is 2. The van der Waals surface area contributed by atoms with Gasteiger partial charge >= 0.3 is 0 Å². The summed E-state index contributed by atoms with van der Waals surface area (Å²) < 4.78 is 0. The first-order chi connectivity index (χ1) is 14.7. The lowest BCUT2D eigenvalue weighted by atomic mass is 9.89. The van der Waals surface area contributed by atoms with Gasteiger partial charge < -0.3 is 9.80 Å². The van der Waals surface area contributed by atoms with Crippen molar-refractivity contribution in [1.29, 1.82) is 0 Å². The molecule has 6 heteroatoms. The first-order valence-corrected chi connectivity index (χ1v) is 12.9. The summed E-state index contributed by atoms with van der Waals surface area (Å²) >= 11 is 1.90. The molecule has 1 fully saturated rings. The second-order valence-corrected chi connectivity index (χ2v) is 11.8. The average Bonchev–Trinajstić information content (AvgIpc) is 3.07. The summed E-state index contributed by atoms with van der Waals surface area (Å²) in [4.78, 5) is 30.0. The Balaban J connectivity index is 1.61. The molecular formula is C25H38N4OS. The van der Waals surface area contributed by atoms with Crippen LogP contribution in [-0.2, 0) is 24.1 Å². The predicted octanol–water partition coefficient (Wildman–Crippen LogP) is 5.24. The molecule has 0 radical (unpaired) electrons. The molecule has 0 saturated carbocycles. The van der Waals surface area contributed by atoms with Crippen molar-refractivity contribution < 1.29 is 4.79 Å². The molecular weight excluding hydrogens is 404 g/mol. The van der Waals surface area contributed by atoms with E-state index >= 15 is 0 Å². The summed E-state index contributed by atoms with van der Waals surface area (Å²) in [7, 11) is 0. The van der Waals surface area contributed by atoms with Crippen LogP contribution in [0.5, 0.6) is 0 Å². The van der Waals surface area contributed by atoms with E-state index in [4.69, 9.17) is 9.97 Å². The molecule has 2 aromatic rings. The van der Waals surface area contributed by atoms with Gasteiger partial charge in [0, 0.05) is 43.9 Å². The van der Waals surface area contributed by atoms with Crippen LogP contribution in [0.4, 0.5) is 5.82 Å². The average molecular weight is 443 g/mol. The number of piperazine rings is 1. The van der Waals surface area contributed by atoms with Crippen LogP contribution in [0.3, 0.4) is 0 Å². The fraction of sp³-hybridized carbons (Fsp3) is 0.720. The molecule has 0 bridgehead atoms. The van der Waals surface area contributed by atoms with E-state index < -0.39 is 0 Å². The number of rotatable bonds is 5. The van der Waals surface area contributed by atoms with Gasteiger partial charge in [0.1, 0.15) is 16.5 Å². The summed E-state index contributed by atoms with van der Waals surface area (Å²) in [5.41, 5.74) is 1.54. The molecule has 0 aromatic carbocycles. The van der Waals surface area contributed by atoms with Gasteiger partial charge in [0.25, 0.3) is 0 Å². The maximum Gasteiger partial charge on any atom is 0.223 e. The number of anilines is 1. The molecule has 3 heterocycles. The van der Waals surface area contributed by atoms with Crippen LogP contribution >= 0.6 is 11.3 Å². The molecule has 31 heavy (non-hydrogen) atoms. The Morgan fingerprint density at radius 1 is 1.16 bits per heavy atom. The number of hydrogen-bond donors (Lipinski definition) is 0. The normalized spacial score (nSPS) is 19.7. The summed E-state index contributed by atoms with van der Waals surface area (Å²) in [6.45, 7) is 14.3. The zero-order valence-electron chi connectivity index (χ0n) is 20.0. The Labute approximate surface area is 191 Å². The third-order valence-electron chi connectivity index (χ3n) is 6.55. The molecule has 2 aliphatic rings. The molecule has 5 nitrogen and oxygen atoms in total. The Bertz CT molecular complexity index is 937. The van der Waals surface area contributed by atoms with Crippen LogP contribution in [0.15, 0.2) is 0 Å². The van der Waals surface area contributed by atoms with Gasteiger partial charge in [-0.05, 0) is 42.6 Å². The molecule has 0 N–H and O–H groups in total. The molecule has 1 atom stereocenters. The second-order valence-electron chi connectivity index (χ2n) is 10.7. The fourth-order valence-corrected chi connectivity index (χ4v) is 6.17. The Morgan fingerprint density at radius 3 is 2.58 bits per heavy atom. The maximum atomic E-state index is 12.7. The van der Waals surface area contributed by atoms with Crippen molar-refractivity contribution in [1.82, 2.24) is 14.9 Å². The van der Waals surface area contributed by atoms with E-state index in [0.29, 0.717) is 6.42 Å². The standard InChI is InChI=1S/C25H38N4OS/c1-6-7-8-20-26-23(22-18-10-9-17(2)15-19(18)31-24(22)27-20)29-13-11-28(12-14-29)21(30)16-25(3,4)5/h17H,6-16H2,1-5H3/t17-/m1/s1. The van der Waals surface area contributed by atoms with Crippen molar-refractivity contribution in [2.45, 2.75) is 79.6 Å². The summed E-state index contributed by atoms with van der Waals surface area (Å²) in [5.74, 6) is 3.16. The lowest BCUT2D eigenvalue weighted by molar-refractivity contribution is -0.133. The zero-order valence-corrected chi connectivity index (χ0v) is 20.8. The van der Waals surface area contributed by atoms with Crippen molar-refractivity contribution in [3.8, 4) is 0 Å². The van der Waals surface area contributed by atoms with Crippen LogP contribution in [0.25, 0.3) is 10.2 Å². The summed E-state index contributed by atoms with van der Waals surface area (Å²) in [6.07, 6.45) is 7.42. The molecule has 1 saturated heterocycles. The van der Waals surface area contributed by atoms with Crippen molar-refractivity contribution in [3.63, 3.8) is 0 Å². The molecule has 1 aliphatic heterocycles. The molecule has 170 valence electrons. The van der Waals surface area contributed by atoms with E-state index in [9.17, 15) is 4.79 Å². The minimum atomic E-state index is 0.0358. The predicted molar refractivity (Wildman–Crippen MR) is 130 cm³/mol. The lowest BCUT2D eigenvalue weighted by Crippen LogP contribution is -2.49. The van der Waals surface area contributed by atoms with Gasteiger partial charge in [0.15, 0.2) is 0 Å². The molecule has 4 rings (SSSR count). The Hall–Kier alpha value is -1.69. The number of thiophene rings is 1. The smallest absolute Gasteiger partial charge is 0.223 e. The van der Waals surface area contributed by atoms with E-state index in [1.165, 1.54) is 33.5 Å². The molecule has 2 aromatic heterocycles. The monoisotopic (exact) mass is 442 g/mol. The zero-order chi connectivity index (χ0) is 22.2. The van der Waals surface area contributed by atoms with Crippen LogP contribution in [0, 0.1) is 11.3 Å². The minimum Gasteiger partial charge on any atom is -0.352 e. The third kappa shape index (κ3) is 5.05. The van der Waals surface area contributed by atoms with Gasteiger partial charge in [-0.25, -0.2) is 9.97 Å². The van der Waals surface area contributed by atoms with Crippen molar-refractivity contribution in [3.05, 3.63) is 16.3 Å². The molecule has 0 spiro atoms. The van der Waals surface area contributed by atoms with Gasteiger partial charge in [0.05, 0.1) is 5.39 Å². The number of amides is 1. The highest BCUT2D eigenvalue weighted by Crippen LogP contribution is 2.41. The number of carbonyl (C=O) groups excluding carboxylic acids is 1. The summed E-state index contributed by atoms with van der Waals surface area (Å²) in [6, 6.07) is 0. The number of hydrogen-bond acceptors (Lipinski definition) is 5. The Morgan fingerprint density at radius 2 is 1.90 bits per heavy atom. The molecule has 1 aliphatic carbocycles.